The van der Waals surface area contributed by atoms with Gasteiger partial charge in [0.1, 0.15) is 0 Å². The summed E-state index contributed by atoms with van der Waals surface area (Å²) in [6.07, 6.45) is 1.26. The molecule has 1 aliphatic carbocycles. The Balaban J connectivity index is 1.57. The van der Waals surface area contributed by atoms with E-state index in [1.807, 2.05) is 54.6 Å². The van der Waals surface area contributed by atoms with Crippen molar-refractivity contribution in [3.63, 3.8) is 0 Å². The molecule has 29 heavy (non-hydrogen) atoms. The van der Waals surface area contributed by atoms with E-state index in [2.05, 4.69) is 16.8 Å². The molecule has 0 spiro atoms. The molecule has 5 heteroatoms. The monoisotopic (exact) mass is 398 g/mol. The van der Waals surface area contributed by atoms with Crippen LogP contribution in [-0.4, -0.2) is 11.7 Å². The maximum Gasteiger partial charge on any atom is 0.259 e. The van der Waals surface area contributed by atoms with E-state index < -0.39 is 0 Å². The summed E-state index contributed by atoms with van der Waals surface area (Å²) in [4.78, 5) is 29.9. The van der Waals surface area contributed by atoms with Crippen LogP contribution in [0.15, 0.2) is 77.3 Å². The van der Waals surface area contributed by atoms with E-state index in [0.717, 1.165) is 34.6 Å². The Kier molecular flexibility index (Phi) is 3.56. The molecule has 2 aliphatic heterocycles. The Bertz CT molecular complexity index is 1200. The first-order valence-electron chi connectivity index (χ1n) is 9.80. The number of hydrogen-bond donors (Lipinski definition) is 1. The average Bonchev–Trinajstić information content (AvgIpc) is 3.33. The van der Waals surface area contributed by atoms with Crippen LogP contribution in [-0.2, 0) is 4.79 Å². The summed E-state index contributed by atoms with van der Waals surface area (Å²) < 4.78 is 0. The van der Waals surface area contributed by atoms with E-state index in [9.17, 15) is 9.59 Å². The average molecular weight is 398 g/mol. The first-order valence-corrected chi connectivity index (χ1v) is 10.7. The molecular weight excluding hydrogens is 380 g/mol. The molecule has 6 rings (SSSR count). The second-order valence-electron chi connectivity index (χ2n) is 7.74. The van der Waals surface area contributed by atoms with Crippen molar-refractivity contribution in [2.45, 2.75) is 24.8 Å². The SMILES string of the molecule is O=C1C[C@H](c2cccs2)CC2=C1[C@H]1c3ccccc3C(=O)N1c1ccccc1N2. The normalized spacial score (nSPS) is 22.4. The third-order valence-electron chi connectivity index (χ3n) is 6.14. The van der Waals surface area contributed by atoms with Gasteiger partial charge in [0.25, 0.3) is 5.91 Å². The number of ketones is 1. The fraction of sp³-hybridized carbons (Fsp3) is 0.167. The number of hydrogen-bond acceptors (Lipinski definition) is 4. The maximum absolute atomic E-state index is 13.5. The molecule has 0 radical (unpaired) electrons. The van der Waals surface area contributed by atoms with Crippen LogP contribution >= 0.6 is 11.3 Å². The number of carbonyl (C=O) groups is 2. The molecule has 0 saturated heterocycles. The number of amides is 1. The molecule has 142 valence electrons. The van der Waals surface area contributed by atoms with Crippen molar-refractivity contribution in [2.75, 3.05) is 10.2 Å². The third-order valence-corrected chi connectivity index (χ3v) is 7.17. The lowest BCUT2D eigenvalue weighted by atomic mass is 9.81. The summed E-state index contributed by atoms with van der Waals surface area (Å²) in [6, 6.07) is 19.3. The van der Waals surface area contributed by atoms with E-state index in [0.29, 0.717) is 12.0 Å². The second kappa shape index (κ2) is 6.16. The molecule has 0 saturated carbocycles. The van der Waals surface area contributed by atoms with Gasteiger partial charge in [-0.3, -0.25) is 14.5 Å². The predicted molar refractivity (Wildman–Crippen MR) is 114 cm³/mol. The fourth-order valence-corrected chi connectivity index (χ4v) is 5.72. The van der Waals surface area contributed by atoms with E-state index in [1.54, 1.807) is 16.2 Å². The first-order chi connectivity index (χ1) is 14.2. The van der Waals surface area contributed by atoms with Gasteiger partial charge in [0, 0.05) is 34.0 Å². The van der Waals surface area contributed by atoms with Gasteiger partial charge in [0.15, 0.2) is 5.78 Å². The fourth-order valence-electron chi connectivity index (χ4n) is 4.89. The number of fused-ring (bicyclic) bond motifs is 6. The van der Waals surface area contributed by atoms with Gasteiger partial charge in [-0.1, -0.05) is 36.4 Å². The number of Topliss-reactive ketones (excluding diaryl/α,β-unsaturated/α-hetero) is 1. The highest BCUT2D eigenvalue weighted by molar-refractivity contribution is 7.10. The lowest BCUT2D eigenvalue weighted by Gasteiger charge is -2.30. The van der Waals surface area contributed by atoms with E-state index in [4.69, 9.17) is 0 Å². The smallest absolute Gasteiger partial charge is 0.259 e. The Morgan fingerprint density at radius 1 is 0.931 bits per heavy atom. The van der Waals surface area contributed by atoms with Crippen molar-refractivity contribution in [1.29, 1.82) is 0 Å². The number of anilines is 2. The number of carbonyl (C=O) groups excluding carboxylic acids is 2. The zero-order valence-electron chi connectivity index (χ0n) is 15.6. The second-order valence-corrected chi connectivity index (χ2v) is 8.72. The number of nitrogens with zero attached hydrogens (tertiary/aromatic N) is 1. The highest BCUT2D eigenvalue weighted by atomic mass is 32.1. The molecule has 0 fully saturated rings. The summed E-state index contributed by atoms with van der Waals surface area (Å²) in [5.41, 5.74) is 5.01. The molecule has 1 N–H and O–H groups in total. The van der Waals surface area contributed by atoms with Crippen LogP contribution in [0.1, 0.15) is 45.6 Å². The molecule has 4 nitrogen and oxygen atoms in total. The summed E-state index contributed by atoms with van der Waals surface area (Å²) >= 11 is 1.70. The molecule has 3 heterocycles. The van der Waals surface area contributed by atoms with Gasteiger partial charge in [-0.2, -0.15) is 0 Å². The Hall–Kier alpha value is -3.18. The Morgan fingerprint density at radius 2 is 1.76 bits per heavy atom. The topological polar surface area (TPSA) is 49.4 Å². The number of nitrogens with one attached hydrogen (secondary N) is 1. The lowest BCUT2D eigenvalue weighted by Crippen LogP contribution is -2.32. The lowest BCUT2D eigenvalue weighted by molar-refractivity contribution is -0.116. The van der Waals surface area contributed by atoms with Crippen LogP contribution in [0.4, 0.5) is 11.4 Å². The Labute approximate surface area is 172 Å². The molecule has 3 aliphatic rings. The van der Waals surface area contributed by atoms with Gasteiger partial charge in [-0.15, -0.1) is 11.3 Å². The molecule has 2 aromatic carbocycles. The van der Waals surface area contributed by atoms with Gasteiger partial charge in [-0.05, 0) is 41.6 Å². The van der Waals surface area contributed by atoms with Crippen molar-refractivity contribution in [2.24, 2.45) is 0 Å². The van der Waals surface area contributed by atoms with Crippen LogP contribution in [0.25, 0.3) is 0 Å². The van der Waals surface area contributed by atoms with Crippen molar-refractivity contribution >= 4 is 34.4 Å². The first kappa shape index (κ1) is 16.7. The number of allylic oxidation sites excluding steroid dienone is 1. The molecule has 1 aromatic heterocycles. The maximum atomic E-state index is 13.5. The highest BCUT2D eigenvalue weighted by Crippen LogP contribution is 2.51. The number of thiophene rings is 1. The van der Waals surface area contributed by atoms with E-state index >= 15 is 0 Å². The van der Waals surface area contributed by atoms with Crippen LogP contribution in [0.5, 0.6) is 0 Å². The highest BCUT2D eigenvalue weighted by Gasteiger charge is 2.46. The van der Waals surface area contributed by atoms with Crippen molar-refractivity contribution in [1.82, 2.24) is 0 Å². The van der Waals surface area contributed by atoms with Gasteiger partial charge in [-0.25, -0.2) is 0 Å². The van der Waals surface area contributed by atoms with Gasteiger partial charge < -0.3 is 5.32 Å². The predicted octanol–water partition coefficient (Wildman–Crippen LogP) is 5.28. The van der Waals surface area contributed by atoms with Gasteiger partial charge in [0.05, 0.1) is 17.4 Å². The standard InChI is InChI=1S/C24H18N2O2S/c27-20-13-14(21-10-5-11-29-21)12-18-22(20)23-15-6-1-2-7-16(15)24(28)26(23)19-9-4-3-8-17(19)25-18/h1-11,14,23,25H,12-13H2/t14-,23-/m1/s1. The summed E-state index contributed by atoms with van der Waals surface area (Å²) in [5.74, 6) is 0.269. The van der Waals surface area contributed by atoms with Crippen molar-refractivity contribution in [3.05, 3.63) is 93.3 Å². The summed E-state index contributed by atoms with van der Waals surface area (Å²) in [5, 5.41) is 5.60. The van der Waals surface area contributed by atoms with Gasteiger partial charge >= 0.3 is 0 Å². The minimum absolute atomic E-state index is 0.0400. The minimum atomic E-state index is -0.360. The molecule has 1 amide bonds. The van der Waals surface area contributed by atoms with Crippen LogP contribution < -0.4 is 10.2 Å². The molecule has 0 bridgehead atoms. The molecule has 3 aromatic rings. The van der Waals surface area contributed by atoms with Gasteiger partial charge in [0.2, 0.25) is 0 Å². The van der Waals surface area contributed by atoms with Crippen LogP contribution in [0.3, 0.4) is 0 Å². The largest absolute Gasteiger partial charge is 0.357 e. The summed E-state index contributed by atoms with van der Waals surface area (Å²) in [7, 11) is 0. The zero-order valence-corrected chi connectivity index (χ0v) is 16.4. The van der Waals surface area contributed by atoms with Crippen LogP contribution in [0.2, 0.25) is 0 Å². The number of para-hydroxylation sites is 2. The summed E-state index contributed by atoms with van der Waals surface area (Å²) in [6.45, 7) is 0. The van der Waals surface area contributed by atoms with Crippen LogP contribution in [0, 0.1) is 0 Å². The minimum Gasteiger partial charge on any atom is -0.357 e. The molecule has 0 unspecified atom stereocenters. The molecular formula is C24H18N2O2S. The number of rotatable bonds is 1. The quantitative estimate of drug-likeness (QED) is 0.607. The Morgan fingerprint density at radius 3 is 2.62 bits per heavy atom. The van der Waals surface area contributed by atoms with E-state index in [-0.39, 0.29) is 23.7 Å². The third kappa shape index (κ3) is 2.37. The zero-order chi connectivity index (χ0) is 19.5. The van der Waals surface area contributed by atoms with Crippen molar-refractivity contribution in [3.8, 4) is 0 Å². The van der Waals surface area contributed by atoms with E-state index in [1.165, 1.54) is 4.88 Å². The van der Waals surface area contributed by atoms with Crippen molar-refractivity contribution < 1.29 is 9.59 Å². The molecule has 2 atom stereocenters. The number of benzene rings is 2.